The van der Waals surface area contributed by atoms with Gasteiger partial charge in [0.05, 0.1) is 6.20 Å². The highest BCUT2D eigenvalue weighted by Gasteiger charge is 2.03. The third-order valence-electron chi connectivity index (χ3n) is 3.10. The van der Waals surface area contributed by atoms with Gasteiger partial charge in [-0.3, -0.25) is 4.68 Å². The van der Waals surface area contributed by atoms with Gasteiger partial charge in [0.1, 0.15) is 5.69 Å². The molecule has 18 heavy (non-hydrogen) atoms. The second-order valence-electron chi connectivity index (χ2n) is 4.65. The zero-order valence-corrected chi connectivity index (χ0v) is 11.8. The summed E-state index contributed by atoms with van der Waals surface area (Å²) in [5, 5.41) is 12.6. The number of aryl methyl sites for hydroxylation is 1. The number of hydrogen-bond acceptors (Lipinski definition) is 3. The summed E-state index contributed by atoms with van der Waals surface area (Å²) < 4.78 is 1.97. The van der Waals surface area contributed by atoms with Crippen molar-refractivity contribution >= 4 is 11.3 Å². The van der Waals surface area contributed by atoms with E-state index in [2.05, 4.69) is 34.1 Å². The van der Waals surface area contributed by atoms with Crippen LogP contribution in [0.15, 0.2) is 23.0 Å². The topological polar surface area (TPSA) is 30.7 Å². The molecule has 0 fully saturated rings. The smallest absolute Gasteiger partial charge is 0.113 e. The first-order valence-electron chi connectivity index (χ1n) is 6.83. The third-order valence-corrected chi connectivity index (χ3v) is 3.78. The predicted octanol–water partition coefficient (Wildman–Crippen LogP) is 4.37. The summed E-state index contributed by atoms with van der Waals surface area (Å²) in [5.41, 5.74) is 2.16. The van der Waals surface area contributed by atoms with Crippen molar-refractivity contribution in [2.24, 2.45) is 0 Å². The van der Waals surface area contributed by atoms with Crippen molar-refractivity contribution in [1.82, 2.24) is 15.0 Å². The number of aromatic nitrogens is 3. The van der Waals surface area contributed by atoms with E-state index in [1.54, 1.807) is 11.3 Å². The molecule has 2 aromatic rings. The Morgan fingerprint density at radius 1 is 1.17 bits per heavy atom. The highest BCUT2D eigenvalue weighted by Crippen LogP contribution is 2.19. The molecule has 0 radical (unpaired) electrons. The molecule has 0 bridgehead atoms. The van der Waals surface area contributed by atoms with Gasteiger partial charge in [0, 0.05) is 17.5 Å². The number of hydrogen-bond donors (Lipinski definition) is 0. The second-order valence-corrected chi connectivity index (χ2v) is 5.43. The van der Waals surface area contributed by atoms with Crippen LogP contribution < -0.4 is 0 Å². The van der Waals surface area contributed by atoms with Crippen LogP contribution in [0.4, 0.5) is 0 Å². The fourth-order valence-corrected chi connectivity index (χ4v) is 2.65. The number of rotatable bonds is 8. The number of thiophene rings is 1. The van der Waals surface area contributed by atoms with E-state index in [-0.39, 0.29) is 0 Å². The molecule has 0 amide bonds. The first kappa shape index (κ1) is 13.3. The van der Waals surface area contributed by atoms with E-state index in [1.807, 2.05) is 10.9 Å². The highest BCUT2D eigenvalue weighted by atomic mass is 32.1. The zero-order chi connectivity index (χ0) is 12.6. The van der Waals surface area contributed by atoms with Crippen molar-refractivity contribution in [3.8, 4) is 11.3 Å². The fourth-order valence-electron chi connectivity index (χ4n) is 2.00. The van der Waals surface area contributed by atoms with Gasteiger partial charge in [0.2, 0.25) is 0 Å². The zero-order valence-electron chi connectivity index (χ0n) is 11.0. The van der Waals surface area contributed by atoms with Gasteiger partial charge in [-0.1, -0.05) is 44.2 Å². The van der Waals surface area contributed by atoms with Gasteiger partial charge >= 0.3 is 0 Å². The molecule has 0 aliphatic rings. The van der Waals surface area contributed by atoms with Crippen LogP contribution in [-0.4, -0.2) is 15.0 Å². The number of nitrogens with zero attached hydrogens (tertiary/aromatic N) is 3. The van der Waals surface area contributed by atoms with Crippen LogP contribution >= 0.6 is 11.3 Å². The maximum atomic E-state index is 4.21. The Bertz CT molecular complexity index is 434. The lowest BCUT2D eigenvalue weighted by atomic mass is 10.1. The van der Waals surface area contributed by atoms with E-state index in [0.29, 0.717) is 0 Å². The van der Waals surface area contributed by atoms with Crippen LogP contribution in [0.3, 0.4) is 0 Å². The fraction of sp³-hybridized carbons (Fsp3) is 0.571. The van der Waals surface area contributed by atoms with Crippen molar-refractivity contribution in [2.45, 2.75) is 52.0 Å². The SMILES string of the molecule is CCCCCCCCn1cc(-c2ccsc2)nn1. The van der Waals surface area contributed by atoms with Crippen LogP contribution in [0.5, 0.6) is 0 Å². The Hall–Kier alpha value is -1.16. The van der Waals surface area contributed by atoms with E-state index >= 15 is 0 Å². The molecule has 0 unspecified atom stereocenters. The number of unbranched alkanes of at least 4 members (excludes halogenated alkanes) is 5. The average Bonchev–Trinajstić information content (AvgIpc) is 3.03. The minimum atomic E-state index is 0.988. The summed E-state index contributed by atoms with van der Waals surface area (Å²) in [5.74, 6) is 0. The minimum Gasteiger partial charge on any atom is -0.252 e. The molecular formula is C14H21N3S. The third kappa shape index (κ3) is 3.95. The van der Waals surface area contributed by atoms with Gasteiger partial charge in [-0.15, -0.1) is 5.10 Å². The summed E-state index contributed by atoms with van der Waals surface area (Å²) in [6, 6.07) is 2.09. The molecule has 0 aromatic carbocycles. The van der Waals surface area contributed by atoms with E-state index in [9.17, 15) is 0 Å². The highest BCUT2D eigenvalue weighted by molar-refractivity contribution is 7.08. The molecule has 3 nitrogen and oxygen atoms in total. The maximum absolute atomic E-state index is 4.21. The summed E-state index contributed by atoms with van der Waals surface area (Å²) >= 11 is 1.70. The molecular weight excluding hydrogens is 242 g/mol. The maximum Gasteiger partial charge on any atom is 0.113 e. The summed E-state index contributed by atoms with van der Waals surface area (Å²) in [4.78, 5) is 0. The van der Waals surface area contributed by atoms with Gasteiger partial charge in [0.15, 0.2) is 0 Å². The normalized spacial score (nSPS) is 10.9. The molecule has 0 spiro atoms. The quantitative estimate of drug-likeness (QED) is 0.662. The molecule has 2 aromatic heterocycles. The van der Waals surface area contributed by atoms with E-state index in [1.165, 1.54) is 44.1 Å². The Morgan fingerprint density at radius 3 is 2.78 bits per heavy atom. The lowest BCUT2D eigenvalue weighted by Gasteiger charge is -2.00. The van der Waals surface area contributed by atoms with Gasteiger partial charge in [-0.25, -0.2) is 0 Å². The Labute approximate surface area is 113 Å². The first-order chi connectivity index (χ1) is 8.90. The van der Waals surface area contributed by atoms with Crippen molar-refractivity contribution in [3.05, 3.63) is 23.0 Å². The molecule has 0 aliphatic heterocycles. The molecule has 2 rings (SSSR count). The van der Waals surface area contributed by atoms with Crippen molar-refractivity contribution in [1.29, 1.82) is 0 Å². The van der Waals surface area contributed by atoms with Gasteiger partial charge in [-0.2, -0.15) is 11.3 Å². The van der Waals surface area contributed by atoms with Crippen molar-refractivity contribution in [3.63, 3.8) is 0 Å². The predicted molar refractivity (Wildman–Crippen MR) is 76.7 cm³/mol. The molecule has 0 aliphatic carbocycles. The van der Waals surface area contributed by atoms with Crippen molar-refractivity contribution < 1.29 is 0 Å². The molecule has 98 valence electrons. The lowest BCUT2D eigenvalue weighted by Crippen LogP contribution is -1.98. The van der Waals surface area contributed by atoms with Gasteiger partial charge < -0.3 is 0 Å². The molecule has 0 atom stereocenters. The molecule has 2 heterocycles. The van der Waals surface area contributed by atoms with Crippen LogP contribution in [-0.2, 0) is 6.54 Å². The van der Waals surface area contributed by atoms with Gasteiger partial charge in [0.25, 0.3) is 0 Å². The first-order valence-corrected chi connectivity index (χ1v) is 7.77. The van der Waals surface area contributed by atoms with Crippen LogP contribution in [0.25, 0.3) is 11.3 Å². The van der Waals surface area contributed by atoms with E-state index < -0.39 is 0 Å². The summed E-state index contributed by atoms with van der Waals surface area (Å²) in [6.45, 7) is 3.24. The summed E-state index contributed by atoms with van der Waals surface area (Å²) in [6.07, 6.45) is 9.95. The minimum absolute atomic E-state index is 0.988. The second kappa shape index (κ2) is 7.31. The standard InChI is InChI=1S/C14H21N3S/c1-2-3-4-5-6-7-9-17-11-14(15-16-17)13-8-10-18-12-13/h8,10-12H,2-7,9H2,1H3. The Morgan fingerprint density at radius 2 is 2.00 bits per heavy atom. The van der Waals surface area contributed by atoms with Crippen LogP contribution in [0.2, 0.25) is 0 Å². The van der Waals surface area contributed by atoms with Gasteiger partial charge in [-0.05, 0) is 17.9 Å². The van der Waals surface area contributed by atoms with E-state index in [4.69, 9.17) is 0 Å². The monoisotopic (exact) mass is 263 g/mol. The molecule has 0 saturated carbocycles. The van der Waals surface area contributed by atoms with Crippen LogP contribution in [0, 0.1) is 0 Å². The Kier molecular flexibility index (Phi) is 5.39. The largest absolute Gasteiger partial charge is 0.252 e. The lowest BCUT2D eigenvalue weighted by molar-refractivity contribution is 0.516. The Balaban J connectivity index is 1.71. The van der Waals surface area contributed by atoms with E-state index in [0.717, 1.165) is 12.2 Å². The molecule has 0 saturated heterocycles. The molecule has 0 N–H and O–H groups in total. The average molecular weight is 263 g/mol. The summed E-state index contributed by atoms with van der Waals surface area (Å²) in [7, 11) is 0. The molecule has 4 heteroatoms. The van der Waals surface area contributed by atoms with Crippen LogP contribution in [0.1, 0.15) is 45.4 Å². The van der Waals surface area contributed by atoms with Crippen molar-refractivity contribution in [2.75, 3.05) is 0 Å².